The van der Waals surface area contributed by atoms with Gasteiger partial charge in [0, 0.05) is 17.5 Å². The van der Waals surface area contributed by atoms with Crippen molar-refractivity contribution >= 4 is 10.8 Å². The van der Waals surface area contributed by atoms with Crippen LogP contribution in [0.4, 0.5) is 0 Å². The fourth-order valence-electron chi connectivity index (χ4n) is 3.62. The Kier molecular flexibility index (Phi) is 5.75. The highest BCUT2D eigenvalue weighted by atomic mass is 16.5. The summed E-state index contributed by atoms with van der Waals surface area (Å²) in [4.78, 5) is 0. The van der Waals surface area contributed by atoms with Gasteiger partial charge in [-0.25, -0.2) is 0 Å². The Morgan fingerprint density at radius 1 is 1.04 bits per heavy atom. The lowest BCUT2D eigenvalue weighted by atomic mass is 9.92. The molecule has 1 unspecified atom stereocenters. The molecule has 2 N–H and O–H groups in total. The van der Waals surface area contributed by atoms with Crippen molar-refractivity contribution in [2.45, 2.75) is 57.1 Å². The van der Waals surface area contributed by atoms with Crippen molar-refractivity contribution in [3.8, 4) is 5.75 Å². The van der Waals surface area contributed by atoms with Gasteiger partial charge in [-0.05, 0) is 31.2 Å². The Balaban J connectivity index is 1.52. The molecule has 2 aromatic rings. The van der Waals surface area contributed by atoms with Gasteiger partial charge in [-0.2, -0.15) is 0 Å². The van der Waals surface area contributed by atoms with Gasteiger partial charge in [0.2, 0.25) is 0 Å². The van der Waals surface area contributed by atoms with Crippen LogP contribution < -0.4 is 10.1 Å². The third-order valence-corrected chi connectivity index (χ3v) is 5.15. The zero-order chi connectivity index (χ0) is 16.8. The first-order valence-electron chi connectivity index (χ1n) is 9.20. The first-order valence-corrected chi connectivity index (χ1v) is 9.20. The van der Waals surface area contributed by atoms with E-state index in [0.717, 1.165) is 16.5 Å². The molecule has 1 atom stereocenters. The van der Waals surface area contributed by atoms with Crippen LogP contribution in [0.2, 0.25) is 0 Å². The number of benzene rings is 2. The summed E-state index contributed by atoms with van der Waals surface area (Å²) in [6.45, 7) is 3.19. The second kappa shape index (κ2) is 8.00. The molecule has 24 heavy (non-hydrogen) atoms. The summed E-state index contributed by atoms with van der Waals surface area (Å²) >= 11 is 0. The van der Waals surface area contributed by atoms with Crippen molar-refractivity contribution in [3.05, 3.63) is 42.5 Å². The summed E-state index contributed by atoms with van der Waals surface area (Å²) in [6, 6.07) is 14.2. The van der Waals surface area contributed by atoms with Gasteiger partial charge in [-0.15, -0.1) is 0 Å². The van der Waals surface area contributed by atoms with Crippen LogP contribution in [0.3, 0.4) is 0 Å². The number of hydrogen-bond donors (Lipinski definition) is 2. The van der Waals surface area contributed by atoms with E-state index in [1.807, 2.05) is 24.3 Å². The van der Waals surface area contributed by atoms with Gasteiger partial charge in [-0.3, -0.25) is 0 Å². The van der Waals surface area contributed by atoms with Crippen LogP contribution in [-0.4, -0.2) is 29.9 Å². The molecule has 0 spiro atoms. The maximum Gasteiger partial charge on any atom is 0.127 e. The third-order valence-electron chi connectivity index (χ3n) is 5.15. The van der Waals surface area contributed by atoms with Crippen LogP contribution in [-0.2, 0) is 0 Å². The predicted octanol–water partition coefficient (Wildman–Crippen LogP) is 4.28. The zero-order valence-corrected chi connectivity index (χ0v) is 14.6. The molecule has 0 radical (unpaired) electrons. The number of ether oxygens (including phenoxy) is 1. The van der Waals surface area contributed by atoms with Crippen LogP contribution in [0.1, 0.15) is 45.4 Å². The summed E-state index contributed by atoms with van der Waals surface area (Å²) in [7, 11) is 0. The van der Waals surface area contributed by atoms with Crippen molar-refractivity contribution in [3.63, 3.8) is 0 Å². The number of fused-ring (bicyclic) bond motifs is 1. The molecule has 0 bridgehead atoms. The largest absolute Gasteiger partial charge is 0.490 e. The molecule has 3 heteroatoms. The molecule has 0 amide bonds. The van der Waals surface area contributed by atoms with Crippen LogP contribution in [0.25, 0.3) is 10.8 Å². The fraction of sp³-hybridized carbons (Fsp3) is 0.524. The molecule has 0 aromatic heterocycles. The van der Waals surface area contributed by atoms with E-state index in [0.29, 0.717) is 13.2 Å². The van der Waals surface area contributed by atoms with Gasteiger partial charge >= 0.3 is 0 Å². The van der Waals surface area contributed by atoms with E-state index in [2.05, 4.69) is 30.4 Å². The first kappa shape index (κ1) is 17.2. The minimum Gasteiger partial charge on any atom is -0.490 e. The Morgan fingerprint density at radius 2 is 1.75 bits per heavy atom. The lowest BCUT2D eigenvalue weighted by Gasteiger charge is -2.31. The average Bonchev–Trinajstić information content (AvgIpc) is 2.83. The number of rotatable bonds is 6. The van der Waals surface area contributed by atoms with Crippen molar-refractivity contribution in [2.75, 3.05) is 13.2 Å². The standard InChI is InChI=1S/C21H29NO2/c1-21(13-6-2-3-7-14-21)22-15-18(23)16-24-20-12-8-10-17-9-4-5-11-19(17)20/h4-5,8-12,18,22-23H,2-3,6-7,13-16H2,1H3. The monoisotopic (exact) mass is 327 g/mol. The van der Waals surface area contributed by atoms with Crippen molar-refractivity contribution < 1.29 is 9.84 Å². The third kappa shape index (κ3) is 4.49. The molecule has 3 rings (SSSR count). The summed E-state index contributed by atoms with van der Waals surface area (Å²) in [6.07, 6.45) is 7.14. The molecule has 1 aliphatic carbocycles. The number of aliphatic hydroxyl groups is 1. The molecule has 0 heterocycles. The number of β-amino-alcohol motifs (C(OH)–C–C–N with tert-alkyl or cyclic N) is 1. The van der Waals surface area contributed by atoms with Gasteiger partial charge in [0.15, 0.2) is 0 Å². The second-order valence-corrected chi connectivity index (χ2v) is 7.30. The quantitative estimate of drug-likeness (QED) is 0.778. The molecule has 130 valence electrons. The topological polar surface area (TPSA) is 41.5 Å². The Bertz CT molecular complexity index is 642. The lowest BCUT2D eigenvalue weighted by Crippen LogP contribution is -2.46. The Morgan fingerprint density at radius 3 is 2.54 bits per heavy atom. The summed E-state index contributed by atoms with van der Waals surface area (Å²) < 4.78 is 5.89. The molecule has 3 nitrogen and oxygen atoms in total. The fourth-order valence-corrected chi connectivity index (χ4v) is 3.62. The van der Waals surface area contributed by atoms with Gasteiger partial charge < -0.3 is 15.2 Å². The van der Waals surface area contributed by atoms with E-state index in [1.165, 1.54) is 38.5 Å². The minimum atomic E-state index is -0.496. The Labute approximate surface area is 145 Å². The predicted molar refractivity (Wildman–Crippen MR) is 99.6 cm³/mol. The zero-order valence-electron chi connectivity index (χ0n) is 14.6. The maximum atomic E-state index is 10.3. The maximum absolute atomic E-state index is 10.3. The van der Waals surface area contributed by atoms with Crippen LogP contribution in [0, 0.1) is 0 Å². The Hall–Kier alpha value is -1.58. The lowest BCUT2D eigenvalue weighted by molar-refractivity contribution is 0.0966. The van der Waals surface area contributed by atoms with Gasteiger partial charge in [0.25, 0.3) is 0 Å². The molecule has 1 aliphatic rings. The highest BCUT2D eigenvalue weighted by molar-refractivity contribution is 5.88. The van der Waals surface area contributed by atoms with Crippen molar-refractivity contribution in [1.82, 2.24) is 5.32 Å². The smallest absolute Gasteiger partial charge is 0.127 e. The van der Waals surface area contributed by atoms with Gasteiger partial charge in [-0.1, -0.05) is 62.1 Å². The van der Waals surface area contributed by atoms with E-state index in [-0.39, 0.29) is 5.54 Å². The molecule has 2 aromatic carbocycles. The van der Waals surface area contributed by atoms with Crippen molar-refractivity contribution in [1.29, 1.82) is 0 Å². The SMILES string of the molecule is CC1(NCC(O)COc2cccc3ccccc23)CCCCCC1. The van der Waals surface area contributed by atoms with E-state index in [4.69, 9.17) is 4.74 Å². The van der Waals surface area contributed by atoms with E-state index in [1.54, 1.807) is 0 Å². The normalized spacial score (nSPS) is 18.9. The number of aliphatic hydroxyl groups excluding tert-OH is 1. The number of nitrogens with one attached hydrogen (secondary N) is 1. The average molecular weight is 327 g/mol. The van der Waals surface area contributed by atoms with E-state index >= 15 is 0 Å². The van der Waals surface area contributed by atoms with Crippen LogP contribution in [0.5, 0.6) is 5.75 Å². The van der Waals surface area contributed by atoms with Crippen molar-refractivity contribution in [2.24, 2.45) is 0 Å². The van der Waals surface area contributed by atoms with Crippen LogP contribution >= 0.6 is 0 Å². The first-order chi connectivity index (χ1) is 11.7. The molecule has 0 saturated heterocycles. The number of hydrogen-bond acceptors (Lipinski definition) is 3. The molecule has 1 saturated carbocycles. The van der Waals surface area contributed by atoms with Gasteiger partial charge in [0.05, 0.1) is 0 Å². The highest BCUT2D eigenvalue weighted by Gasteiger charge is 2.25. The molecule has 0 aliphatic heterocycles. The molecular weight excluding hydrogens is 298 g/mol. The highest BCUT2D eigenvalue weighted by Crippen LogP contribution is 2.27. The summed E-state index contributed by atoms with van der Waals surface area (Å²) in [5, 5.41) is 16.1. The van der Waals surface area contributed by atoms with E-state index < -0.39 is 6.10 Å². The van der Waals surface area contributed by atoms with Crippen LogP contribution in [0.15, 0.2) is 42.5 Å². The summed E-state index contributed by atoms with van der Waals surface area (Å²) in [5.74, 6) is 0.841. The van der Waals surface area contributed by atoms with E-state index in [9.17, 15) is 5.11 Å². The molecular formula is C21H29NO2. The summed E-state index contributed by atoms with van der Waals surface area (Å²) in [5.41, 5.74) is 0.164. The van der Waals surface area contributed by atoms with Gasteiger partial charge in [0.1, 0.15) is 18.5 Å². The molecule has 1 fully saturated rings. The second-order valence-electron chi connectivity index (χ2n) is 7.30. The minimum absolute atomic E-state index is 0.164.